The summed E-state index contributed by atoms with van der Waals surface area (Å²) < 4.78 is 5.07. The molecule has 0 saturated carbocycles. The number of methoxy groups -OCH3 is 1. The predicted octanol–water partition coefficient (Wildman–Crippen LogP) is 2.79. The van der Waals surface area contributed by atoms with Crippen molar-refractivity contribution in [2.24, 2.45) is 0 Å². The van der Waals surface area contributed by atoms with Crippen LogP contribution in [0.15, 0.2) is 35.0 Å². The second-order valence-corrected chi connectivity index (χ2v) is 5.20. The zero-order valence-corrected chi connectivity index (χ0v) is 12.4. The average Bonchev–Trinajstić information content (AvgIpc) is 2.85. The number of thiophene rings is 1. The molecule has 0 saturated heterocycles. The van der Waals surface area contributed by atoms with Gasteiger partial charge < -0.3 is 15.4 Å². The lowest BCUT2D eigenvalue weighted by atomic mass is 10.2. The Hall–Kier alpha value is -1.85. The van der Waals surface area contributed by atoms with Crippen molar-refractivity contribution in [1.29, 1.82) is 0 Å². The molecule has 0 aliphatic heterocycles. The maximum atomic E-state index is 11.8. The largest absolute Gasteiger partial charge is 0.497 e. The molecule has 1 heterocycles. The minimum absolute atomic E-state index is 0.0527. The van der Waals surface area contributed by atoms with E-state index in [1.165, 1.54) is 11.1 Å². The molecule has 0 atom stereocenters. The summed E-state index contributed by atoms with van der Waals surface area (Å²) in [6, 6.07) is 7.27. The molecule has 0 unspecified atom stereocenters. The second-order valence-electron chi connectivity index (χ2n) is 4.46. The van der Waals surface area contributed by atoms with Gasteiger partial charge in [-0.15, -0.1) is 0 Å². The predicted molar refractivity (Wildman–Crippen MR) is 82.4 cm³/mol. The number of hydrogen-bond acceptors (Lipinski definition) is 4. The molecular weight excluding hydrogens is 272 g/mol. The molecule has 0 spiro atoms. The zero-order valence-electron chi connectivity index (χ0n) is 11.6. The summed E-state index contributed by atoms with van der Waals surface area (Å²) in [4.78, 5) is 11.8. The normalized spacial score (nSPS) is 10.3. The van der Waals surface area contributed by atoms with Gasteiger partial charge in [-0.1, -0.05) is 0 Å². The summed E-state index contributed by atoms with van der Waals surface area (Å²) in [5.74, 6) is 0.720. The van der Waals surface area contributed by atoms with E-state index in [9.17, 15) is 4.79 Å². The third-order valence-electron chi connectivity index (χ3n) is 2.94. The van der Waals surface area contributed by atoms with Gasteiger partial charge in [-0.05, 0) is 53.1 Å². The van der Waals surface area contributed by atoms with Crippen molar-refractivity contribution in [3.8, 4) is 5.75 Å². The molecule has 2 rings (SSSR count). The van der Waals surface area contributed by atoms with Gasteiger partial charge >= 0.3 is 0 Å². The molecular formula is C15H18N2O2S. The van der Waals surface area contributed by atoms with Gasteiger partial charge in [0.15, 0.2) is 0 Å². The molecule has 2 N–H and O–H groups in total. The average molecular weight is 290 g/mol. The van der Waals surface area contributed by atoms with Gasteiger partial charge in [0.05, 0.1) is 13.7 Å². The highest BCUT2D eigenvalue weighted by Crippen LogP contribution is 2.15. The number of hydrogen-bond donors (Lipinski definition) is 2. The lowest BCUT2D eigenvalue weighted by molar-refractivity contribution is -0.115. The lowest BCUT2D eigenvalue weighted by Gasteiger charge is -2.07. The molecule has 1 aromatic carbocycles. The first kappa shape index (κ1) is 14.6. The maximum Gasteiger partial charge on any atom is 0.238 e. The summed E-state index contributed by atoms with van der Waals surface area (Å²) in [6.07, 6.45) is 0. The zero-order chi connectivity index (χ0) is 14.4. The molecule has 0 aliphatic rings. The number of benzene rings is 1. The Morgan fingerprint density at radius 2 is 2.00 bits per heavy atom. The number of carbonyl (C=O) groups is 1. The third kappa shape index (κ3) is 4.08. The van der Waals surface area contributed by atoms with Gasteiger partial charge in [0.25, 0.3) is 0 Å². The molecule has 106 valence electrons. The van der Waals surface area contributed by atoms with Crippen LogP contribution >= 0.6 is 11.3 Å². The lowest BCUT2D eigenvalue weighted by Crippen LogP contribution is -2.27. The van der Waals surface area contributed by atoms with Gasteiger partial charge in [-0.2, -0.15) is 11.3 Å². The summed E-state index contributed by atoms with van der Waals surface area (Å²) in [5, 5.41) is 10.2. The van der Waals surface area contributed by atoms with E-state index < -0.39 is 0 Å². The van der Waals surface area contributed by atoms with Crippen LogP contribution in [0.4, 0.5) is 5.69 Å². The van der Waals surface area contributed by atoms with E-state index >= 15 is 0 Å². The van der Waals surface area contributed by atoms with E-state index in [1.54, 1.807) is 18.4 Å². The van der Waals surface area contributed by atoms with Crippen molar-refractivity contribution in [2.75, 3.05) is 19.0 Å². The summed E-state index contributed by atoms with van der Waals surface area (Å²) in [7, 11) is 1.62. The smallest absolute Gasteiger partial charge is 0.238 e. The number of anilines is 1. The molecule has 1 amide bonds. The van der Waals surface area contributed by atoms with Crippen LogP contribution in [0.25, 0.3) is 0 Å². The molecule has 0 aliphatic carbocycles. The van der Waals surface area contributed by atoms with Gasteiger partial charge in [-0.3, -0.25) is 4.79 Å². The van der Waals surface area contributed by atoms with Crippen molar-refractivity contribution in [2.45, 2.75) is 13.5 Å². The van der Waals surface area contributed by atoms with Crippen LogP contribution in [0.5, 0.6) is 5.75 Å². The van der Waals surface area contributed by atoms with Crippen LogP contribution in [0, 0.1) is 6.92 Å². The van der Waals surface area contributed by atoms with Gasteiger partial charge in [0.2, 0.25) is 5.91 Å². The monoisotopic (exact) mass is 290 g/mol. The van der Waals surface area contributed by atoms with Crippen LogP contribution in [0.3, 0.4) is 0 Å². The van der Waals surface area contributed by atoms with E-state index in [2.05, 4.69) is 28.3 Å². The summed E-state index contributed by atoms with van der Waals surface area (Å²) in [5.41, 5.74) is 3.27. The first-order chi connectivity index (χ1) is 9.69. The van der Waals surface area contributed by atoms with Crippen LogP contribution < -0.4 is 15.4 Å². The number of ether oxygens (including phenoxy) is 1. The van der Waals surface area contributed by atoms with E-state index in [0.29, 0.717) is 13.1 Å². The Balaban J connectivity index is 1.76. The fourth-order valence-corrected chi connectivity index (χ4v) is 2.62. The van der Waals surface area contributed by atoms with E-state index in [-0.39, 0.29) is 5.91 Å². The Kier molecular flexibility index (Phi) is 5.15. The van der Waals surface area contributed by atoms with Crippen molar-refractivity contribution < 1.29 is 9.53 Å². The quantitative estimate of drug-likeness (QED) is 0.860. The minimum atomic E-state index is -0.0527. The Morgan fingerprint density at radius 3 is 2.60 bits per heavy atom. The number of nitrogens with one attached hydrogen (secondary N) is 2. The highest BCUT2D eigenvalue weighted by molar-refractivity contribution is 7.08. The standard InChI is InChI=1S/C15H18N2O2S/c1-11-9-20-10-12(11)7-16-8-15(18)17-13-3-5-14(19-2)6-4-13/h3-6,9-10,16H,7-8H2,1-2H3,(H,17,18). The van der Waals surface area contributed by atoms with Crippen LogP contribution in [0.2, 0.25) is 0 Å². The van der Waals surface area contributed by atoms with Gasteiger partial charge in [0.1, 0.15) is 5.75 Å². The fraction of sp³-hybridized carbons (Fsp3) is 0.267. The highest BCUT2D eigenvalue weighted by atomic mass is 32.1. The van der Waals surface area contributed by atoms with Gasteiger partial charge in [-0.25, -0.2) is 0 Å². The summed E-state index contributed by atoms with van der Waals surface area (Å²) >= 11 is 1.68. The third-order valence-corrected chi connectivity index (χ3v) is 3.85. The Labute approximate surface area is 122 Å². The molecule has 1 aromatic heterocycles. The molecule has 4 nitrogen and oxygen atoms in total. The second kappa shape index (κ2) is 7.07. The SMILES string of the molecule is COc1ccc(NC(=O)CNCc2cscc2C)cc1. The first-order valence-electron chi connectivity index (χ1n) is 6.35. The Morgan fingerprint density at radius 1 is 1.25 bits per heavy atom. The molecule has 5 heteroatoms. The van der Waals surface area contributed by atoms with Crippen molar-refractivity contribution in [3.63, 3.8) is 0 Å². The topological polar surface area (TPSA) is 50.4 Å². The molecule has 0 bridgehead atoms. The van der Waals surface area contributed by atoms with Crippen LogP contribution in [-0.4, -0.2) is 19.6 Å². The van der Waals surface area contributed by atoms with Crippen LogP contribution in [0.1, 0.15) is 11.1 Å². The molecule has 2 aromatic rings. The van der Waals surface area contributed by atoms with E-state index in [0.717, 1.165) is 11.4 Å². The first-order valence-corrected chi connectivity index (χ1v) is 7.29. The van der Waals surface area contributed by atoms with Crippen LogP contribution in [-0.2, 0) is 11.3 Å². The minimum Gasteiger partial charge on any atom is -0.497 e. The number of aryl methyl sites for hydroxylation is 1. The number of carbonyl (C=O) groups excluding carboxylic acids is 1. The fourth-order valence-electron chi connectivity index (χ4n) is 1.76. The van der Waals surface area contributed by atoms with E-state index in [1.807, 2.05) is 24.3 Å². The molecule has 0 fully saturated rings. The van der Waals surface area contributed by atoms with Crippen molar-refractivity contribution in [3.05, 3.63) is 46.2 Å². The van der Waals surface area contributed by atoms with Crippen molar-refractivity contribution in [1.82, 2.24) is 5.32 Å². The summed E-state index contributed by atoms with van der Waals surface area (Å²) in [6.45, 7) is 3.08. The highest BCUT2D eigenvalue weighted by Gasteiger charge is 2.03. The number of rotatable bonds is 6. The Bertz CT molecular complexity index is 564. The molecule has 20 heavy (non-hydrogen) atoms. The maximum absolute atomic E-state index is 11.8. The number of amides is 1. The van der Waals surface area contributed by atoms with Gasteiger partial charge in [0, 0.05) is 12.2 Å². The molecule has 0 radical (unpaired) electrons. The van der Waals surface area contributed by atoms with Crippen molar-refractivity contribution >= 4 is 22.9 Å². The van der Waals surface area contributed by atoms with E-state index in [4.69, 9.17) is 4.74 Å².